The van der Waals surface area contributed by atoms with Crippen LogP contribution in [0.25, 0.3) is 0 Å². The van der Waals surface area contributed by atoms with Crippen LogP contribution >= 0.6 is 11.3 Å². The number of methoxy groups -OCH3 is 1. The molecule has 0 fully saturated rings. The topological polar surface area (TPSA) is 51.2 Å². The molecule has 5 heteroatoms. The second-order valence-corrected chi connectivity index (χ2v) is 5.15. The Hall–Kier alpha value is -0.940. The summed E-state index contributed by atoms with van der Waals surface area (Å²) in [5.74, 6) is -0.192. The van der Waals surface area contributed by atoms with E-state index in [4.69, 9.17) is 0 Å². The molecule has 90 valence electrons. The Bertz CT molecular complexity index is 352. The summed E-state index contributed by atoms with van der Waals surface area (Å²) < 4.78 is 4.62. The van der Waals surface area contributed by atoms with Crippen LogP contribution in [0.5, 0.6) is 0 Å². The Labute approximate surface area is 100 Å². The van der Waals surface area contributed by atoms with Crippen molar-refractivity contribution in [1.29, 1.82) is 0 Å². The maximum absolute atomic E-state index is 11.1. The van der Waals surface area contributed by atoms with E-state index in [1.807, 2.05) is 27.0 Å². The maximum atomic E-state index is 11.1. The number of carbonyl (C=O) groups excluding carboxylic acids is 1. The molecule has 0 aliphatic rings. The SMILES string of the molecule is COC(=O)CC(C)NC(C)c1ncc(C)s1. The number of esters is 1. The number of carbonyl (C=O) groups is 1. The summed E-state index contributed by atoms with van der Waals surface area (Å²) in [6, 6.07) is 0.255. The van der Waals surface area contributed by atoms with Gasteiger partial charge in [0.1, 0.15) is 5.01 Å². The number of thiazole rings is 1. The average Bonchev–Trinajstić information content (AvgIpc) is 2.64. The highest BCUT2D eigenvalue weighted by Crippen LogP contribution is 2.19. The van der Waals surface area contributed by atoms with E-state index in [1.54, 1.807) is 11.3 Å². The highest BCUT2D eigenvalue weighted by Gasteiger charge is 2.15. The molecule has 2 unspecified atom stereocenters. The van der Waals surface area contributed by atoms with Crippen LogP contribution in [-0.2, 0) is 9.53 Å². The van der Waals surface area contributed by atoms with Crippen LogP contribution in [0.4, 0.5) is 0 Å². The third-order valence-corrected chi connectivity index (χ3v) is 3.34. The monoisotopic (exact) mass is 242 g/mol. The third-order valence-electron chi connectivity index (χ3n) is 2.24. The second-order valence-electron chi connectivity index (χ2n) is 3.88. The van der Waals surface area contributed by atoms with Crippen molar-refractivity contribution in [3.05, 3.63) is 16.1 Å². The molecular formula is C11H18N2O2S. The first kappa shape index (κ1) is 13.1. The average molecular weight is 242 g/mol. The summed E-state index contributed by atoms with van der Waals surface area (Å²) in [5, 5.41) is 4.37. The van der Waals surface area contributed by atoms with E-state index in [-0.39, 0.29) is 18.1 Å². The van der Waals surface area contributed by atoms with Gasteiger partial charge < -0.3 is 10.1 Å². The van der Waals surface area contributed by atoms with E-state index in [0.29, 0.717) is 6.42 Å². The fourth-order valence-corrected chi connectivity index (χ4v) is 2.25. The van der Waals surface area contributed by atoms with Crippen molar-refractivity contribution in [2.75, 3.05) is 7.11 Å². The molecule has 1 aromatic heterocycles. The van der Waals surface area contributed by atoms with Crippen LogP contribution < -0.4 is 5.32 Å². The van der Waals surface area contributed by atoms with Crippen LogP contribution in [-0.4, -0.2) is 24.1 Å². The zero-order valence-electron chi connectivity index (χ0n) is 10.1. The Balaban J connectivity index is 2.45. The Kier molecular flexibility index (Phi) is 4.89. The highest BCUT2D eigenvalue weighted by molar-refractivity contribution is 7.11. The minimum absolute atomic E-state index is 0.0895. The first-order valence-electron chi connectivity index (χ1n) is 5.28. The molecule has 1 aromatic rings. The van der Waals surface area contributed by atoms with Crippen molar-refractivity contribution in [2.24, 2.45) is 0 Å². The van der Waals surface area contributed by atoms with Crippen molar-refractivity contribution >= 4 is 17.3 Å². The molecule has 4 nitrogen and oxygen atoms in total. The Morgan fingerprint density at radius 1 is 1.62 bits per heavy atom. The quantitative estimate of drug-likeness (QED) is 0.803. The largest absolute Gasteiger partial charge is 0.469 e. The lowest BCUT2D eigenvalue weighted by Gasteiger charge is -2.17. The van der Waals surface area contributed by atoms with E-state index in [9.17, 15) is 4.79 Å². The molecule has 0 saturated carbocycles. The lowest BCUT2D eigenvalue weighted by atomic mass is 10.2. The van der Waals surface area contributed by atoms with Crippen LogP contribution in [0, 0.1) is 6.92 Å². The van der Waals surface area contributed by atoms with Crippen molar-refractivity contribution in [3.63, 3.8) is 0 Å². The summed E-state index contributed by atoms with van der Waals surface area (Å²) in [6.07, 6.45) is 2.24. The number of aromatic nitrogens is 1. The van der Waals surface area contributed by atoms with Gasteiger partial charge in [-0.1, -0.05) is 0 Å². The zero-order chi connectivity index (χ0) is 12.1. The van der Waals surface area contributed by atoms with Gasteiger partial charge in [0, 0.05) is 17.1 Å². The standard InChI is InChI=1S/C11H18N2O2S/c1-7(5-10(14)15-4)13-9(3)11-12-6-8(2)16-11/h6-7,9,13H,5H2,1-4H3. The fraction of sp³-hybridized carbons (Fsp3) is 0.636. The summed E-state index contributed by atoms with van der Waals surface area (Å²) >= 11 is 1.67. The zero-order valence-corrected chi connectivity index (χ0v) is 10.9. The van der Waals surface area contributed by atoms with Gasteiger partial charge in [-0.3, -0.25) is 4.79 Å². The van der Waals surface area contributed by atoms with Gasteiger partial charge in [0.25, 0.3) is 0 Å². The predicted molar refractivity (Wildman–Crippen MR) is 64.5 cm³/mol. The minimum Gasteiger partial charge on any atom is -0.469 e. The summed E-state index contributed by atoms with van der Waals surface area (Å²) in [4.78, 5) is 16.6. The number of nitrogens with one attached hydrogen (secondary N) is 1. The number of nitrogens with zero attached hydrogens (tertiary/aromatic N) is 1. The summed E-state index contributed by atoms with van der Waals surface area (Å²) in [6.45, 7) is 6.05. The smallest absolute Gasteiger partial charge is 0.307 e. The molecule has 0 amide bonds. The molecule has 0 bridgehead atoms. The predicted octanol–water partition coefficient (Wildman–Crippen LogP) is 2.05. The molecular weight excluding hydrogens is 224 g/mol. The van der Waals surface area contributed by atoms with Gasteiger partial charge in [0.05, 0.1) is 19.6 Å². The molecule has 16 heavy (non-hydrogen) atoms. The fourth-order valence-electron chi connectivity index (χ4n) is 1.46. The van der Waals surface area contributed by atoms with Crippen LogP contribution in [0.1, 0.15) is 36.2 Å². The summed E-state index contributed by atoms with van der Waals surface area (Å²) in [7, 11) is 1.41. The Morgan fingerprint density at radius 3 is 2.81 bits per heavy atom. The molecule has 0 aromatic carbocycles. The molecule has 1 N–H and O–H groups in total. The van der Waals surface area contributed by atoms with Gasteiger partial charge in [0.15, 0.2) is 0 Å². The lowest BCUT2D eigenvalue weighted by molar-refractivity contribution is -0.141. The number of ether oxygens (including phenoxy) is 1. The Morgan fingerprint density at radius 2 is 2.31 bits per heavy atom. The van der Waals surface area contributed by atoms with E-state index >= 15 is 0 Å². The molecule has 0 radical (unpaired) electrons. The third kappa shape index (κ3) is 3.90. The number of aryl methyl sites for hydroxylation is 1. The first-order chi connectivity index (χ1) is 7.52. The van der Waals surface area contributed by atoms with E-state index in [2.05, 4.69) is 15.0 Å². The van der Waals surface area contributed by atoms with Gasteiger partial charge in [-0.15, -0.1) is 11.3 Å². The van der Waals surface area contributed by atoms with Gasteiger partial charge in [0.2, 0.25) is 0 Å². The molecule has 1 heterocycles. The highest BCUT2D eigenvalue weighted by atomic mass is 32.1. The normalized spacial score (nSPS) is 14.5. The van der Waals surface area contributed by atoms with Gasteiger partial charge >= 0.3 is 5.97 Å². The van der Waals surface area contributed by atoms with Crippen molar-refractivity contribution in [2.45, 2.75) is 39.3 Å². The number of hydrogen-bond donors (Lipinski definition) is 1. The van der Waals surface area contributed by atoms with Gasteiger partial charge in [-0.2, -0.15) is 0 Å². The lowest BCUT2D eigenvalue weighted by Crippen LogP contribution is -2.31. The van der Waals surface area contributed by atoms with Crippen molar-refractivity contribution < 1.29 is 9.53 Å². The van der Waals surface area contributed by atoms with E-state index in [1.165, 1.54) is 12.0 Å². The van der Waals surface area contributed by atoms with Crippen LogP contribution in [0.3, 0.4) is 0 Å². The molecule has 0 spiro atoms. The van der Waals surface area contributed by atoms with E-state index in [0.717, 1.165) is 5.01 Å². The summed E-state index contributed by atoms with van der Waals surface area (Å²) in [5.41, 5.74) is 0. The van der Waals surface area contributed by atoms with Gasteiger partial charge in [-0.05, 0) is 20.8 Å². The molecule has 0 saturated heterocycles. The molecule has 1 rings (SSSR count). The van der Waals surface area contributed by atoms with Crippen molar-refractivity contribution in [1.82, 2.24) is 10.3 Å². The second kappa shape index (κ2) is 5.96. The first-order valence-corrected chi connectivity index (χ1v) is 6.09. The molecule has 0 aliphatic carbocycles. The number of rotatable bonds is 5. The maximum Gasteiger partial charge on any atom is 0.307 e. The van der Waals surface area contributed by atoms with E-state index < -0.39 is 0 Å². The molecule has 2 atom stereocenters. The minimum atomic E-state index is -0.192. The van der Waals surface area contributed by atoms with Crippen LogP contribution in [0.2, 0.25) is 0 Å². The van der Waals surface area contributed by atoms with Gasteiger partial charge in [-0.25, -0.2) is 4.98 Å². The van der Waals surface area contributed by atoms with Crippen molar-refractivity contribution in [3.8, 4) is 0 Å². The molecule has 0 aliphatic heterocycles. The van der Waals surface area contributed by atoms with Crippen LogP contribution in [0.15, 0.2) is 6.20 Å². The number of hydrogen-bond acceptors (Lipinski definition) is 5.